The Hall–Kier alpha value is -2.24. The van der Waals surface area contributed by atoms with Gasteiger partial charge in [0.25, 0.3) is 0 Å². The molecule has 1 aromatic carbocycles. The molecule has 0 radical (unpaired) electrons. The van der Waals surface area contributed by atoms with Crippen LogP contribution in [0, 0.1) is 0 Å². The number of benzene rings is 1. The smallest absolute Gasteiger partial charge is 0.223 e. The van der Waals surface area contributed by atoms with Crippen molar-refractivity contribution >= 4 is 5.91 Å². The summed E-state index contributed by atoms with van der Waals surface area (Å²) in [6.07, 6.45) is 3.84. The second kappa shape index (κ2) is 8.74. The van der Waals surface area contributed by atoms with E-state index in [-0.39, 0.29) is 18.1 Å². The number of hydrogen-bond donors (Lipinski definition) is 1. The van der Waals surface area contributed by atoms with Crippen LogP contribution >= 0.6 is 0 Å². The Kier molecular flexibility index (Phi) is 6.14. The molecule has 0 unspecified atom stereocenters. The molecule has 132 valence electrons. The van der Waals surface area contributed by atoms with Crippen LogP contribution in [-0.2, 0) is 16.1 Å². The van der Waals surface area contributed by atoms with E-state index in [9.17, 15) is 4.79 Å². The summed E-state index contributed by atoms with van der Waals surface area (Å²) in [6.45, 7) is 5.22. The fraction of sp³-hybridized carbons (Fsp3) is 0.400. The molecular weight excluding hydrogens is 314 g/mol. The van der Waals surface area contributed by atoms with E-state index in [1.165, 1.54) is 5.56 Å². The van der Waals surface area contributed by atoms with Crippen molar-refractivity contribution in [2.45, 2.75) is 32.0 Å². The summed E-state index contributed by atoms with van der Waals surface area (Å²) in [4.78, 5) is 18.8. The average Bonchev–Trinajstić information content (AvgIpc) is 2.63. The number of aromatic nitrogens is 1. The Morgan fingerprint density at radius 1 is 1.32 bits per heavy atom. The van der Waals surface area contributed by atoms with Gasteiger partial charge in [0.2, 0.25) is 5.91 Å². The van der Waals surface area contributed by atoms with Crippen molar-refractivity contribution in [2.24, 2.45) is 0 Å². The van der Waals surface area contributed by atoms with E-state index in [2.05, 4.69) is 39.5 Å². The number of nitrogens with one attached hydrogen (secondary N) is 1. The molecule has 2 heterocycles. The van der Waals surface area contributed by atoms with E-state index in [1.807, 2.05) is 25.1 Å². The van der Waals surface area contributed by atoms with Gasteiger partial charge >= 0.3 is 0 Å². The number of nitrogens with zero attached hydrogens (tertiary/aromatic N) is 2. The minimum atomic E-state index is -0.0569. The molecule has 25 heavy (non-hydrogen) atoms. The third-order valence-electron chi connectivity index (χ3n) is 4.45. The fourth-order valence-corrected chi connectivity index (χ4v) is 3.11. The van der Waals surface area contributed by atoms with Crippen molar-refractivity contribution in [2.75, 3.05) is 19.7 Å². The lowest BCUT2D eigenvalue weighted by Gasteiger charge is -2.32. The van der Waals surface area contributed by atoms with Gasteiger partial charge in [-0.1, -0.05) is 36.4 Å². The van der Waals surface area contributed by atoms with Gasteiger partial charge in [0.05, 0.1) is 25.2 Å². The first-order chi connectivity index (χ1) is 12.2. The van der Waals surface area contributed by atoms with Crippen molar-refractivity contribution in [1.29, 1.82) is 0 Å². The normalized spacial score (nSPS) is 19.3. The number of hydrogen-bond acceptors (Lipinski definition) is 4. The Morgan fingerprint density at radius 3 is 2.92 bits per heavy atom. The maximum absolute atomic E-state index is 12.3. The largest absolute Gasteiger partial charge is 0.375 e. The molecule has 1 N–H and O–H groups in total. The lowest BCUT2D eigenvalue weighted by Crippen LogP contribution is -2.44. The van der Waals surface area contributed by atoms with E-state index in [0.29, 0.717) is 13.0 Å². The zero-order valence-electron chi connectivity index (χ0n) is 14.6. The molecule has 5 heteroatoms. The van der Waals surface area contributed by atoms with E-state index in [1.54, 1.807) is 12.4 Å². The summed E-state index contributed by atoms with van der Waals surface area (Å²) in [5, 5.41) is 3.03. The van der Waals surface area contributed by atoms with Gasteiger partial charge in [-0.3, -0.25) is 14.7 Å². The fourth-order valence-electron chi connectivity index (χ4n) is 3.11. The number of carbonyl (C=O) groups excluding carboxylic acids is 1. The van der Waals surface area contributed by atoms with Gasteiger partial charge in [0, 0.05) is 32.0 Å². The van der Waals surface area contributed by atoms with Gasteiger partial charge in [0.1, 0.15) is 0 Å². The third-order valence-corrected chi connectivity index (χ3v) is 4.45. The first kappa shape index (κ1) is 17.6. The van der Waals surface area contributed by atoms with Crippen molar-refractivity contribution in [3.63, 3.8) is 0 Å². The minimum absolute atomic E-state index is 0.0166. The summed E-state index contributed by atoms with van der Waals surface area (Å²) in [7, 11) is 0. The van der Waals surface area contributed by atoms with Crippen LogP contribution in [0.25, 0.3) is 0 Å². The van der Waals surface area contributed by atoms with Crippen molar-refractivity contribution < 1.29 is 9.53 Å². The zero-order chi connectivity index (χ0) is 17.5. The number of pyridine rings is 1. The molecule has 0 spiro atoms. The molecule has 2 atom stereocenters. The summed E-state index contributed by atoms with van der Waals surface area (Å²) in [5.41, 5.74) is 2.30. The van der Waals surface area contributed by atoms with Gasteiger partial charge in [0.15, 0.2) is 0 Å². The lowest BCUT2D eigenvalue weighted by atomic mass is 10.1. The number of carbonyl (C=O) groups is 1. The number of ether oxygens (including phenoxy) is 1. The van der Waals surface area contributed by atoms with Crippen molar-refractivity contribution in [3.05, 3.63) is 66.0 Å². The van der Waals surface area contributed by atoms with Gasteiger partial charge in [-0.05, 0) is 24.1 Å². The highest BCUT2D eigenvalue weighted by Crippen LogP contribution is 2.14. The topological polar surface area (TPSA) is 54.5 Å². The first-order valence-electron chi connectivity index (χ1n) is 8.78. The molecule has 2 aromatic rings. The minimum Gasteiger partial charge on any atom is -0.375 e. The molecular formula is C20H25N3O2. The molecule has 1 aromatic heterocycles. The molecule has 5 nitrogen and oxygen atoms in total. The molecule has 1 aliphatic heterocycles. The molecule has 1 aliphatic rings. The highest BCUT2D eigenvalue weighted by molar-refractivity contribution is 5.77. The highest BCUT2D eigenvalue weighted by atomic mass is 16.5. The Labute approximate surface area is 149 Å². The molecule has 0 saturated carbocycles. The Morgan fingerprint density at radius 2 is 2.16 bits per heavy atom. The monoisotopic (exact) mass is 339 g/mol. The second-order valence-corrected chi connectivity index (χ2v) is 6.49. The summed E-state index contributed by atoms with van der Waals surface area (Å²) in [6, 6.07) is 14.2. The number of rotatable bonds is 6. The number of amides is 1. The molecule has 1 amide bonds. The molecule has 0 aliphatic carbocycles. The Balaban J connectivity index is 1.48. The standard InChI is InChI=1S/C20H25N3O2/c1-16(18-8-5-9-21-13-18)22-20(24)12-19-15-23(10-11-25-19)14-17-6-3-2-4-7-17/h2-9,13,16,19H,10-12,14-15H2,1H3,(H,22,24)/t16-,19+/m0/s1. The second-order valence-electron chi connectivity index (χ2n) is 6.49. The van der Waals surface area contributed by atoms with Crippen LogP contribution in [0.1, 0.15) is 30.5 Å². The maximum Gasteiger partial charge on any atom is 0.223 e. The Bertz CT molecular complexity index is 663. The number of morpholine rings is 1. The molecule has 0 bridgehead atoms. The van der Waals surface area contributed by atoms with E-state index >= 15 is 0 Å². The van der Waals surface area contributed by atoms with Crippen LogP contribution in [0.5, 0.6) is 0 Å². The van der Waals surface area contributed by atoms with Gasteiger partial charge in [-0.2, -0.15) is 0 Å². The highest BCUT2D eigenvalue weighted by Gasteiger charge is 2.23. The van der Waals surface area contributed by atoms with Crippen LogP contribution in [0.2, 0.25) is 0 Å². The average molecular weight is 339 g/mol. The summed E-state index contributed by atoms with van der Waals surface area (Å²) < 4.78 is 5.79. The van der Waals surface area contributed by atoms with Gasteiger partial charge in [-0.15, -0.1) is 0 Å². The van der Waals surface area contributed by atoms with E-state index < -0.39 is 0 Å². The third kappa shape index (κ3) is 5.37. The van der Waals surface area contributed by atoms with Gasteiger partial charge in [-0.25, -0.2) is 0 Å². The van der Waals surface area contributed by atoms with Crippen molar-refractivity contribution in [3.8, 4) is 0 Å². The van der Waals surface area contributed by atoms with Crippen LogP contribution < -0.4 is 5.32 Å². The predicted molar refractivity (Wildman–Crippen MR) is 96.9 cm³/mol. The predicted octanol–water partition coefficient (Wildman–Crippen LogP) is 2.55. The van der Waals surface area contributed by atoms with Crippen LogP contribution in [-0.4, -0.2) is 41.6 Å². The van der Waals surface area contributed by atoms with E-state index in [0.717, 1.165) is 25.2 Å². The lowest BCUT2D eigenvalue weighted by molar-refractivity contribution is -0.126. The summed E-state index contributed by atoms with van der Waals surface area (Å²) in [5.74, 6) is 0.0166. The SMILES string of the molecule is C[C@H](NC(=O)C[C@@H]1CN(Cc2ccccc2)CCO1)c1cccnc1. The molecule has 1 saturated heterocycles. The molecule has 1 fully saturated rings. The maximum atomic E-state index is 12.3. The van der Waals surface area contributed by atoms with Crippen LogP contribution in [0.15, 0.2) is 54.9 Å². The van der Waals surface area contributed by atoms with Crippen LogP contribution in [0.3, 0.4) is 0 Å². The zero-order valence-corrected chi connectivity index (χ0v) is 14.6. The summed E-state index contributed by atoms with van der Waals surface area (Å²) >= 11 is 0. The molecule has 3 rings (SSSR count). The van der Waals surface area contributed by atoms with Crippen LogP contribution in [0.4, 0.5) is 0 Å². The first-order valence-corrected chi connectivity index (χ1v) is 8.78. The van der Waals surface area contributed by atoms with Crippen molar-refractivity contribution in [1.82, 2.24) is 15.2 Å². The quantitative estimate of drug-likeness (QED) is 0.879. The van der Waals surface area contributed by atoms with Gasteiger partial charge < -0.3 is 10.1 Å². The van der Waals surface area contributed by atoms with E-state index in [4.69, 9.17) is 4.74 Å².